The smallest absolute Gasteiger partial charge is 0.476 e. The number of alkyl halides is 3. The third-order valence-corrected chi connectivity index (χ3v) is 2.39. The zero-order chi connectivity index (χ0) is 13.2. The summed E-state index contributed by atoms with van der Waals surface area (Å²) >= 11 is 2.92. The van der Waals surface area contributed by atoms with E-state index < -0.39 is 23.8 Å². The van der Waals surface area contributed by atoms with Crippen molar-refractivity contribution in [3.05, 3.63) is 21.9 Å². The minimum atomic E-state index is -5.02. The highest BCUT2D eigenvalue weighted by Crippen LogP contribution is 2.33. The average Bonchev–Trinajstić information content (AvgIpc) is 2.15. The normalized spacial score (nSPS) is 11.4. The zero-order valence-corrected chi connectivity index (χ0v) is 9.67. The molecule has 0 aliphatic heterocycles. The predicted molar refractivity (Wildman–Crippen MR) is 53.5 cm³/mol. The maximum Gasteiger partial charge on any atom is 0.573 e. The van der Waals surface area contributed by atoms with Crippen LogP contribution < -0.4 is 10.5 Å². The van der Waals surface area contributed by atoms with Crippen LogP contribution in [-0.2, 0) is 6.54 Å². The monoisotopic (exact) mass is 314 g/mol. The molecule has 0 bridgehead atoms. The molecule has 0 saturated carbocycles. The van der Waals surface area contributed by atoms with Gasteiger partial charge in [0, 0.05) is 22.8 Å². The van der Waals surface area contributed by atoms with Gasteiger partial charge in [0.1, 0.15) is 0 Å². The molecule has 0 spiro atoms. The first kappa shape index (κ1) is 13.7. The van der Waals surface area contributed by atoms with Crippen LogP contribution in [0.2, 0.25) is 0 Å². The first-order valence-corrected chi connectivity index (χ1v) is 4.92. The molecule has 0 amide bonds. The molecule has 0 aliphatic carbocycles. The van der Waals surface area contributed by atoms with Crippen molar-refractivity contribution < 1.29 is 27.8 Å². The number of halogens is 4. The van der Waals surface area contributed by atoms with E-state index in [0.717, 1.165) is 6.20 Å². The molecule has 0 saturated heterocycles. The average molecular weight is 315 g/mol. The van der Waals surface area contributed by atoms with Crippen molar-refractivity contribution in [2.45, 2.75) is 12.9 Å². The number of aromatic carboxylic acids is 1. The van der Waals surface area contributed by atoms with Crippen molar-refractivity contribution in [3.8, 4) is 5.75 Å². The maximum absolute atomic E-state index is 12.1. The Morgan fingerprint density at radius 3 is 2.59 bits per heavy atom. The minimum absolute atomic E-state index is 0.116. The topological polar surface area (TPSA) is 85.4 Å². The number of pyridine rings is 1. The Morgan fingerprint density at radius 2 is 2.18 bits per heavy atom. The fourth-order valence-electron chi connectivity index (χ4n) is 1.08. The Balaban J connectivity index is 3.39. The first-order chi connectivity index (χ1) is 7.76. The largest absolute Gasteiger partial charge is 0.573 e. The van der Waals surface area contributed by atoms with E-state index in [1.165, 1.54) is 0 Å². The number of hydrogen-bond donors (Lipinski definition) is 2. The molecule has 0 fully saturated rings. The SMILES string of the molecule is NCc1c(Br)cnc(C(=O)O)c1OC(F)(F)F. The molecule has 0 aliphatic rings. The summed E-state index contributed by atoms with van der Waals surface area (Å²) in [4.78, 5) is 14.1. The van der Waals surface area contributed by atoms with Crippen LogP contribution in [0.5, 0.6) is 5.75 Å². The minimum Gasteiger partial charge on any atom is -0.476 e. The van der Waals surface area contributed by atoms with Gasteiger partial charge in [0.05, 0.1) is 0 Å². The Kier molecular flexibility index (Phi) is 3.94. The van der Waals surface area contributed by atoms with Gasteiger partial charge in [0.15, 0.2) is 11.4 Å². The number of hydrogen-bond acceptors (Lipinski definition) is 4. The molecule has 1 heterocycles. The lowest BCUT2D eigenvalue weighted by atomic mass is 10.2. The molecule has 0 atom stereocenters. The Morgan fingerprint density at radius 1 is 1.59 bits per heavy atom. The molecule has 1 aromatic rings. The molecule has 17 heavy (non-hydrogen) atoms. The fraction of sp³-hybridized carbons (Fsp3) is 0.250. The van der Waals surface area contributed by atoms with Gasteiger partial charge in [0.2, 0.25) is 0 Å². The van der Waals surface area contributed by atoms with Gasteiger partial charge < -0.3 is 15.6 Å². The highest BCUT2D eigenvalue weighted by atomic mass is 79.9. The molecule has 94 valence electrons. The third-order valence-electron chi connectivity index (χ3n) is 1.71. The standard InChI is InChI=1S/C8H6BrF3N2O3/c9-4-2-14-5(7(15)16)6(3(4)1-13)17-8(10,11)12/h2H,1,13H2,(H,15,16). The van der Waals surface area contributed by atoms with E-state index in [2.05, 4.69) is 25.7 Å². The summed E-state index contributed by atoms with van der Waals surface area (Å²) in [6.45, 7) is -0.325. The van der Waals surface area contributed by atoms with E-state index in [1.807, 2.05) is 0 Å². The van der Waals surface area contributed by atoms with Gasteiger partial charge in [-0.05, 0) is 15.9 Å². The quantitative estimate of drug-likeness (QED) is 0.890. The second kappa shape index (κ2) is 4.88. The molecule has 0 unspecified atom stereocenters. The lowest BCUT2D eigenvalue weighted by molar-refractivity contribution is -0.275. The predicted octanol–water partition coefficient (Wildman–Crippen LogP) is 1.90. The van der Waals surface area contributed by atoms with E-state index in [0.29, 0.717) is 0 Å². The van der Waals surface area contributed by atoms with E-state index >= 15 is 0 Å². The van der Waals surface area contributed by atoms with E-state index in [1.54, 1.807) is 0 Å². The van der Waals surface area contributed by atoms with Crippen molar-refractivity contribution in [3.63, 3.8) is 0 Å². The highest BCUT2D eigenvalue weighted by Gasteiger charge is 2.35. The number of rotatable bonds is 3. The van der Waals surface area contributed by atoms with Gasteiger partial charge in [-0.25, -0.2) is 9.78 Å². The van der Waals surface area contributed by atoms with Crippen molar-refractivity contribution >= 4 is 21.9 Å². The van der Waals surface area contributed by atoms with E-state index in [-0.39, 0.29) is 16.6 Å². The maximum atomic E-state index is 12.1. The van der Waals surface area contributed by atoms with Gasteiger partial charge >= 0.3 is 12.3 Å². The van der Waals surface area contributed by atoms with Gasteiger partial charge in [-0.3, -0.25) is 0 Å². The van der Waals surface area contributed by atoms with E-state index in [4.69, 9.17) is 10.8 Å². The Bertz CT molecular complexity index is 450. The van der Waals surface area contributed by atoms with Crippen molar-refractivity contribution in [1.82, 2.24) is 4.98 Å². The molecule has 5 nitrogen and oxygen atoms in total. The van der Waals surface area contributed by atoms with Crippen LogP contribution >= 0.6 is 15.9 Å². The van der Waals surface area contributed by atoms with Crippen LogP contribution in [0.1, 0.15) is 16.1 Å². The summed E-state index contributed by atoms with van der Waals surface area (Å²) in [5, 5.41) is 8.71. The zero-order valence-electron chi connectivity index (χ0n) is 8.08. The molecule has 0 aromatic carbocycles. The molecule has 1 aromatic heterocycles. The summed E-state index contributed by atoms with van der Waals surface area (Å²) in [5.41, 5.74) is 4.28. The number of carboxylic acids is 1. The van der Waals surface area contributed by atoms with Gasteiger partial charge in [-0.2, -0.15) is 0 Å². The first-order valence-electron chi connectivity index (χ1n) is 4.12. The van der Waals surface area contributed by atoms with Gasteiger partial charge in [0.25, 0.3) is 0 Å². The summed E-state index contributed by atoms with van der Waals surface area (Å²) < 4.78 is 40.2. The third kappa shape index (κ3) is 3.30. The molecule has 1 rings (SSSR count). The molecule has 0 radical (unpaired) electrons. The number of carboxylic acid groups (broad SMARTS) is 1. The summed E-state index contributed by atoms with van der Waals surface area (Å²) in [6.07, 6.45) is -3.97. The Hall–Kier alpha value is -1.35. The summed E-state index contributed by atoms with van der Waals surface area (Å²) in [6, 6.07) is 0. The number of aromatic nitrogens is 1. The van der Waals surface area contributed by atoms with Gasteiger partial charge in [-0.1, -0.05) is 0 Å². The Labute approximate surface area is 102 Å². The highest BCUT2D eigenvalue weighted by molar-refractivity contribution is 9.10. The lowest BCUT2D eigenvalue weighted by Gasteiger charge is -2.15. The summed E-state index contributed by atoms with van der Waals surface area (Å²) in [7, 11) is 0. The number of carbonyl (C=O) groups is 1. The van der Waals surface area contributed by atoms with Crippen molar-refractivity contribution in [1.29, 1.82) is 0 Å². The van der Waals surface area contributed by atoms with Crippen LogP contribution in [-0.4, -0.2) is 22.4 Å². The van der Waals surface area contributed by atoms with E-state index in [9.17, 15) is 18.0 Å². The second-order valence-electron chi connectivity index (χ2n) is 2.82. The number of nitrogens with zero attached hydrogens (tertiary/aromatic N) is 1. The lowest BCUT2D eigenvalue weighted by Crippen LogP contribution is -2.21. The van der Waals surface area contributed by atoms with Crippen LogP contribution in [0.3, 0.4) is 0 Å². The van der Waals surface area contributed by atoms with Crippen LogP contribution in [0.15, 0.2) is 10.7 Å². The van der Waals surface area contributed by atoms with Crippen molar-refractivity contribution in [2.24, 2.45) is 5.73 Å². The molecular formula is C8H6BrF3N2O3. The van der Waals surface area contributed by atoms with Crippen LogP contribution in [0.4, 0.5) is 13.2 Å². The molecular weight excluding hydrogens is 309 g/mol. The molecule has 9 heteroatoms. The van der Waals surface area contributed by atoms with Gasteiger partial charge in [-0.15, -0.1) is 13.2 Å². The summed E-state index contributed by atoms with van der Waals surface area (Å²) in [5.74, 6) is -2.53. The fourth-order valence-corrected chi connectivity index (χ4v) is 1.52. The second-order valence-corrected chi connectivity index (χ2v) is 3.67. The molecule has 3 N–H and O–H groups in total. The van der Waals surface area contributed by atoms with Crippen molar-refractivity contribution in [2.75, 3.05) is 0 Å². The van der Waals surface area contributed by atoms with Crippen LogP contribution in [0, 0.1) is 0 Å². The number of nitrogens with two attached hydrogens (primary N) is 1. The number of ether oxygens (including phenoxy) is 1. The van der Waals surface area contributed by atoms with Crippen LogP contribution in [0.25, 0.3) is 0 Å².